The van der Waals surface area contributed by atoms with Crippen molar-refractivity contribution >= 4 is 35.8 Å². The van der Waals surface area contributed by atoms with Gasteiger partial charge in [0.25, 0.3) is 0 Å². The van der Waals surface area contributed by atoms with Crippen LogP contribution in [0, 0.1) is 11.3 Å². The highest BCUT2D eigenvalue weighted by Gasteiger charge is 2.51. The van der Waals surface area contributed by atoms with E-state index in [1.165, 1.54) is 40.7 Å². The fourth-order valence-electron chi connectivity index (χ4n) is 6.02. The van der Waals surface area contributed by atoms with E-state index in [1.54, 1.807) is 20.8 Å². The van der Waals surface area contributed by atoms with Crippen molar-refractivity contribution in [1.29, 1.82) is 0 Å². The molecule has 0 amide bonds. The van der Waals surface area contributed by atoms with Gasteiger partial charge >= 0.3 is 35.8 Å². The summed E-state index contributed by atoms with van der Waals surface area (Å²) in [5.41, 5.74) is 0.140. The van der Waals surface area contributed by atoms with Gasteiger partial charge in [0.05, 0.1) is 6.10 Å². The van der Waals surface area contributed by atoms with Crippen LogP contribution in [0.15, 0.2) is 34.1 Å². The average molecular weight is 637 g/mol. The Morgan fingerprint density at radius 2 is 1.24 bits per heavy atom. The van der Waals surface area contributed by atoms with Crippen LogP contribution in [0.3, 0.4) is 0 Å². The van der Waals surface area contributed by atoms with Crippen LogP contribution in [0.2, 0.25) is 0 Å². The van der Waals surface area contributed by atoms with Gasteiger partial charge in [-0.3, -0.25) is 28.8 Å². The van der Waals surface area contributed by atoms with Gasteiger partial charge < -0.3 is 33.5 Å². The maximum atomic E-state index is 12.6. The average Bonchev–Trinajstić information content (AvgIpc) is 2.87. The molecule has 2 aliphatic carbocycles. The lowest BCUT2D eigenvalue weighted by molar-refractivity contribution is -0.156. The Labute approximate surface area is 262 Å². The second kappa shape index (κ2) is 15.3. The zero-order chi connectivity index (χ0) is 34.4. The number of carbonyl (C=O) groups excluding carboxylic acids is 6. The van der Waals surface area contributed by atoms with Gasteiger partial charge in [0.1, 0.15) is 24.9 Å². The van der Waals surface area contributed by atoms with Crippen molar-refractivity contribution in [3.8, 4) is 0 Å². The highest BCUT2D eigenvalue weighted by Crippen LogP contribution is 2.51. The van der Waals surface area contributed by atoms with E-state index in [9.17, 15) is 33.9 Å². The molecule has 0 radical (unpaired) electrons. The largest absolute Gasteiger partial charge is 0.461 e. The summed E-state index contributed by atoms with van der Waals surface area (Å²) in [6, 6.07) is 0. The Kier molecular flexibility index (Phi) is 12.7. The first kappa shape index (κ1) is 37.2. The second-order valence-corrected chi connectivity index (χ2v) is 11.8. The van der Waals surface area contributed by atoms with Crippen molar-refractivity contribution in [2.75, 3.05) is 6.61 Å². The summed E-state index contributed by atoms with van der Waals surface area (Å²) in [6.07, 6.45) is -4.72. The number of fused-ring (bicyclic) bond motifs is 2. The topological polar surface area (TPSA) is 178 Å². The molecule has 0 aromatic rings. The number of aliphatic hydroxyl groups is 1. The molecule has 2 aliphatic rings. The Bertz CT molecular complexity index is 1300. The monoisotopic (exact) mass is 636 g/mol. The number of esters is 6. The van der Waals surface area contributed by atoms with Crippen LogP contribution < -0.4 is 0 Å². The fourth-order valence-corrected chi connectivity index (χ4v) is 6.02. The van der Waals surface area contributed by atoms with Crippen molar-refractivity contribution in [3.05, 3.63) is 34.1 Å². The molecule has 6 unspecified atom stereocenters. The van der Waals surface area contributed by atoms with Gasteiger partial charge in [-0.05, 0) is 48.5 Å². The molecule has 13 heteroatoms. The Balaban J connectivity index is 3.15. The fraction of sp³-hybridized carbons (Fsp3) is 0.625. The zero-order valence-corrected chi connectivity index (χ0v) is 27.5. The van der Waals surface area contributed by atoms with E-state index in [0.29, 0.717) is 11.1 Å². The first-order valence-corrected chi connectivity index (χ1v) is 14.6. The molecule has 0 spiro atoms. The zero-order valence-electron chi connectivity index (χ0n) is 27.5. The minimum Gasteiger partial charge on any atom is -0.461 e. The lowest BCUT2D eigenvalue weighted by Gasteiger charge is -2.48. The van der Waals surface area contributed by atoms with E-state index < -0.39 is 77.7 Å². The summed E-state index contributed by atoms with van der Waals surface area (Å²) in [4.78, 5) is 73.8. The van der Waals surface area contributed by atoms with E-state index in [2.05, 4.69) is 0 Å². The van der Waals surface area contributed by atoms with E-state index >= 15 is 0 Å². The Morgan fingerprint density at radius 3 is 1.71 bits per heavy atom. The van der Waals surface area contributed by atoms with Crippen LogP contribution in [-0.4, -0.2) is 78.0 Å². The highest BCUT2D eigenvalue weighted by atomic mass is 16.6. The summed E-state index contributed by atoms with van der Waals surface area (Å²) in [5, 5.41) is 11.5. The lowest BCUT2D eigenvalue weighted by atomic mass is 9.60. The summed E-state index contributed by atoms with van der Waals surface area (Å²) >= 11 is 0. The molecule has 0 saturated carbocycles. The molecule has 13 nitrogen and oxygen atoms in total. The van der Waals surface area contributed by atoms with Crippen molar-refractivity contribution in [1.82, 2.24) is 0 Å². The highest BCUT2D eigenvalue weighted by molar-refractivity contribution is 5.71. The molecule has 0 heterocycles. The number of carbonyl (C=O) groups is 6. The molecule has 2 rings (SSSR count). The minimum absolute atomic E-state index is 0.139. The third-order valence-electron chi connectivity index (χ3n) is 7.91. The van der Waals surface area contributed by atoms with Crippen LogP contribution in [0.1, 0.15) is 82.1 Å². The quantitative estimate of drug-likeness (QED) is 0.245. The molecule has 0 saturated heterocycles. The van der Waals surface area contributed by atoms with Gasteiger partial charge in [-0.1, -0.05) is 13.8 Å². The first-order chi connectivity index (χ1) is 20.8. The number of rotatable bonds is 7. The van der Waals surface area contributed by atoms with E-state index in [4.69, 9.17) is 28.4 Å². The molecule has 0 aromatic heterocycles. The number of aliphatic hydroxyl groups excluding tert-OH is 1. The van der Waals surface area contributed by atoms with Gasteiger partial charge in [-0.2, -0.15) is 0 Å². The first-order valence-electron chi connectivity index (χ1n) is 14.6. The molecule has 0 fully saturated rings. The van der Waals surface area contributed by atoms with Crippen molar-refractivity contribution < 1.29 is 62.3 Å². The smallest absolute Gasteiger partial charge is 0.307 e. The Morgan fingerprint density at radius 1 is 0.733 bits per heavy atom. The van der Waals surface area contributed by atoms with Crippen molar-refractivity contribution in [2.45, 2.75) is 113 Å². The standard InChI is InChI=1S/C32H44O13/c1-15-26(41-18(4)34)12-24-28(43-20(6)36)11-23(14-40-17(3)33)25(39)13-27(42-19(5)35)16(2)30(44-21(7)37)31(45-22(8)38)29(15)32(24,9)10/h11,24-28,31,39H,12-14H2,1-10H3/b23-11-,30-16+. The van der Waals surface area contributed by atoms with Crippen molar-refractivity contribution in [3.63, 3.8) is 0 Å². The predicted molar refractivity (Wildman–Crippen MR) is 157 cm³/mol. The lowest BCUT2D eigenvalue weighted by Crippen LogP contribution is -2.49. The van der Waals surface area contributed by atoms with E-state index in [-0.39, 0.29) is 36.4 Å². The van der Waals surface area contributed by atoms with Crippen molar-refractivity contribution in [2.24, 2.45) is 11.3 Å². The van der Waals surface area contributed by atoms with Crippen LogP contribution >= 0.6 is 0 Å². The summed E-state index contributed by atoms with van der Waals surface area (Å²) in [5.74, 6) is -5.00. The predicted octanol–water partition coefficient (Wildman–Crippen LogP) is 3.17. The van der Waals surface area contributed by atoms with Gasteiger partial charge in [-0.15, -0.1) is 0 Å². The van der Waals surface area contributed by atoms with Crippen LogP contribution in [0.5, 0.6) is 0 Å². The molecule has 250 valence electrons. The summed E-state index contributed by atoms with van der Waals surface area (Å²) in [7, 11) is 0. The van der Waals surface area contributed by atoms with Crippen LogP contribution in [0.4, 0.5) is 0 Å². The van der Waals surface area contributed by atoms with E-state index in [1.807, 2.05) is 0 Å². The third kappa shape index (κ3) is 9.74. The SMILES string of the molecule is CC(=O)OC/C1=C/C(OC(C)=O)C2CC(OC(C)=O)C(C)=C(C(OC(C)=O)/C(OC(C)=O)=C(/C)C(OC(C)=O)CC1O)C2(C)C. The number of hydrogen-bond donors (Lipinski definition) is 1. The van der Waals surface area contributed by atoms with E-state index in [0.717, 1.165) is 13.8 Å². The molecule has 45 heavy (non-hydrogen) atoms. The van der Waals surface area contributed by atoms with Gasteiger partial charge in [0.15, 0.2) is 11.9 Å². The molecule has 2 bridgehead atoms. The van der Waals surface area contributed by atoms with Crippen LogP contribution in [0.25, 0.3) is 0 Å². The second-order valence-electron chi connectivity index (χ2n) is 11.8. The normalized spacial score (nSPS) is 29.4. The minimum atomic E-state index is -1.43. The number of ether oxygens (including phenoxy) is 6. The summed E-state index contributed by atoms with van der Waals surface area (Å²) < 4.78 is 33.8. The summed E-state index contributed by atoms with van der Waals surface area (Å²) in [6.45, 7) is 13.5. The van der Waals surface area contributed by atoms with Crippen LogP contribution in [-0.2, 0) is 57.2 Å². The van der Waals surface area contributed by atoms with Gasteiger partial charge in [0, 0.05) is 59.5 Å². The maximum Gasteiger partial charge on any atom is 0.307 e. The number of hydrogen-bond acceptors (Lipinski definition) is 13. The molecule has 0 aliphatic heterocycles. The Hall–Kier alpha value is -4.00. The molecule has 6 atom stereocenters. The van der Waals surface area contributed by atoms with Gasteiger partial charge in [0.2, 0.25) is 0 Å². The maximum absolute atomic E-state index is 12.6. The molecule has 1 N–H and O–H groups in total. The third-order valence-corrected chi connectivity index (χ3v) is 7.91. The molecule has 0 aromatic carbocycles. The molecular formula is C32H44O13. The molecular weight excluding hydrogens is 592 g/mol. The van der Waals surface area contributed by atoms with Gasteiger partial charge in [-0.25, -0.2) is 0 Å².